The van der Waals surface area contributed by atoms with E-state index in [4.69, 9.17) is 11.6 Å². The standard InChI is InChI=1S/C9H17ClN2/c1-2-5-12(6-3-4-10)9-7-11-8-9/h3-4,9,11H,2,5-8H2,1H3. The van der Waals surface area contributed by atoms with Crippen LogP contribution in [0.2, 0.25) is 0 Å². The lowest BCUT2D eigenvalue weighted by Gasteiger charge is -2.37. The first-order valence-electron chi connectivity index (χ1n) is 4.58. The lowest BCUT2D eigenvalue weighted by molar-refractivity contribution is 0.161. The van der Waals surface area contributed by atoms with Gasteiger partial charge in [0.1, 0.15) is 0 Å². The molecule has 70 valence electrons. The summed E-state index contributed by atoms with van der Waals surface area (Å²) >= 11 is 5.49. The zero-order valence-electron chi connectivity index (χ0n) is 7.59. The maximum absolute atomic E-state index is 5.49. The van der Waals surface area contributed by atoms with Crippen molar-refractivity contribution >= 4 is 11.6 Å². The van der Waals surface area contributed by atoms with Crippen LogP contribution in [0.4, 0.5) is 0 Å². The minimum Gasteiger partial charge on any atom is -0.314 e. The smallest absolute Gasteiger partial charge is 0.0348 e. The molecule has 0 aliphatic carbocycles. The Morgan fingerprint density at radius 3 is 2.75 bits per heavy atom. The van der Waals surface area contributed by atoms with Gasteiger partial charge in [0.05, 0.1) is 0 Å². The van der Waals surface area contributed by atoms with Crippen LogP contribution in [0.1, 0.15) is 13.3 Å². The summed E-state index contributed by atoms with van der Waals surface area (Å²) in [6.07, 6.45) is 3.22. The van der Waals surface area contributed by atoms with Gasteiger partial charge in [0.2, 0.25) is 0 Å². The molecule has 0 aromatic rings. The second-order valence-electron chi connectivity index (χ2n) is 3.17. The number of hydrogen-bond acceptors (Lipinski definition) is 2. The Kier molecular flexibility index (Phi) is 4.66. The van der Waals surface area contributed by atoms with Crippen LogP contribution >= 0.6 is 11.6 Å². The molecular formula is C9H17ClN2. The Labute approximate surface area is 79.6 Å². The topological polar surface area (TPSA) is 15.3 Å². The molecule has 0 amide bonds. The van der Waals surface area contributed by atoms with Crippen LogP contribution in [0, 0.1) is 0 Å². The largest absolute Gasteiger partial charge is 0.314 e. The van der Waals surface area contributed by atoms with Crippen molar-refractivity contribution in [3.63, 3.8) is 0 Å². The minimum absolute atomic E-state index is 0.734. The molecule has 12 heavy (non-hydrogen) atoms. The molecule has 1 saturated heterocycles. The predicted octanol–water partition coefficient (Wildman–Crippen LogP) is 1.42. The molecule has 0 spiro atoms. The van der Waals surface area contributed by atoms with Crippen LogP contribution in [-0.4, -0.2) is 37.1 Å². The molecule has 0 saturated carbocycles. The number of nitrogens with zero attached hydrogens (tertiary/aromatic N) is 1. The highest BCUT2D eigenvalue weighted by atomic mass is 35.5. The quantitative estimate of drug-likeness (QED) is 0.702. The van der Waals surface area contributed by atoms with Gasteiger partial charge in [0.15, 0.2) is 0 Å². The van der Waals surface area contributed by atoms with E-state index in [1.165, 1.54) is 13.0 Å². The molecule has 1 aliphatic heterocycles. The molecule has 0 atom stereocenters. The maximum Gasteiger partial charge on any atom is 0.0348 e. The van der Waals surface area contributed by atoms with E-state index >= 15 is 0 Å². The van der Waals surface area contributed by atoms with Crippen LogP contribution in [0.3, 0.4) is 0 Å². The highest BCUT2D eigenvalue weighted by Crippen LogP contribution is 2.05. The third kappa shape index (κ3) is 2.77. The Balaban J connectivity index is 2.26. The number of rotatable bonds is 5. The number of hydrogen-bond donors (Lipinski definition) is 1. The predicted molar refractivity (Wildman–Crippen MR) is 53.5 cm³/mol. The van der Waals surface area contributed by atoms with Gasteiger partial charge in [-0.15, -0.1) is 0 Å². The van der Waals surface area contributed by atoms with Crippen molar-refractivity contribution in [2.45, 2.75) is 19.4 Å². The van der Waals surface area contributed by atoms with E-state index in [0.29, 0.717) is 0 Å². The fraction of sp³-hybridized carbons (Fsp3) is 0.778. The molecule has 0 unspecified atom stereocenters. The lowest BCUT2D eigenvalue weighted by atomic mass is 10.1. The summed E-state index contributed by atoms with van der Waals surface area (Å²) in [5.74, 6) is 0. The van der Waals surface area contributed by atoms with Gasteiger partial charge in [-0.25, -0.2) is 0 Å². The molecule has 1 N–H and O–H groups in total. The molecule has 0 aromatic carbocycles. The average Bonchev–Trinajstić information content (AvgIpc) is 1.97. The highest BCUT2D eigenvalue weighted by molar-refractivity contribution is 6.25. The van der Waals surface area contributed by atoms with E-state index < -0.39 is 0 Å². The van der Waals surface area contributed by atoms with Crippen LogP contribution in [0.15, 0.2) is 11.6 Å². The Morgan fingerprint density at radius 2 is 2.33 bits per heavy atom. The van der Waals surface area contributed by atoms with Gasteiger partial charge >= 0.3 is 0 Å². The summed E-state index contributed by atoms with van der Waals surface area (Å²) in [4.78, 5) is 2.47. The van der Waals surface area contributed by atoms with Gasteiger partial charge in [-0.05, 0) is 13.0 Å². The molecule has 1 heterocycles. The number of nitrogens with one attached hydrogen (secondary N) is 1. The third-order valence-corrected chi connectivity index (χ3v) is 2.39. The summed E-state index contributed by atoms with van der Waals surface area (Å²) < 4.78 is 0. The molecular weight excluding hydrogens is 172 g/mol. The van der Waals surface area contributed by atoms with Crippen molar-refractivity contribution in [1.82, 2.24) is 10.2 Å². The van der Waals surface area contributed by atoms with Crippen molar-refractivity contribution in [2.24, 2.45) is 0 Å². The van der Waals surface area contributed by atoms with E-state index in [1.807, 2.05) is 6.08 Å². The van der Waals surface area contributed by atoms with E-state index in [2.05, 4.69) is 17.1 Å². The van der Waals surface area contributed by atoms with Crippen molar-refractivity contribution in [3.8, 4) is 0 Å². The second kappa shape index (κ2) is 5.57. The van der Waals surface area contributed by atoms with Crippen molar-refractivity contribution < 1.29 is 0 Å². The molecule has 1 fully saturated rings. The zero-order chi connectivity index (χ0) is 8.81. The molecule has 0 bridgehead atoms. The minimum atomic E-state index is 0.734. The molecule has 2 nitrogen and oxygen atoms in total. The van der Waals surface area contributed by atoms with Crippen molar-refractivity contribution in [1.29, 1.82) is 0 Å². The van der Waals surface area contributed by atoms with Gasteiger partial charge in [0, 0.05) is 31.2 Å². The third-order valence-electron chi connectivity index (χ3n) is 2.22. The summed E-state index contributed by atoms with van der Waals surface area (Å²) in [5, 5.41) is 3.28. The summed E-state index contributed by atoms with van der Waals surface area (Å²) in [7, 11) is 0. The van der Waals surface area contributed by atoms with Crippen LogP contribution in [0.5, 0.6) is 0 Å². The van der Waals surface area contributed by atoms with Gasteiger partial charge in [-0.1, -0.05) is 24.6 Å². The summed E-state index contributed by atoms with van der Waals surface area (Å²) in [6.45, 7) is 6.65. The Hall–Kier alpha value is -0.0500. The molecule has 0 aromatic heterocycles. The number of halogens is 1. The van der Waals surface area contributed by atoms with Gasteiger partial charge in [-0.2, -0.15) is 0 Å². The van der Waals surface area contributed by atoms with E-state index in [9.17, 15) is 0 Å². The van der Waals surface area contributed by atoms with Gasteiger partial charge in [-0.3, -0.25) is 4.90 Å². The van der Waals surface area contributed by atoms with Gasteiger partial charge < -0.3 is 5.32 Å². The Bertz CT molecular complexity index is 143. The lowest BCUT2D eigenvalue weighted by Crippen LogP contribution is -2.57. The first-order chi connectivity index (χ1) is 5.88. The molecule has 3 heteroatoms. The van der Waals surface area contributed by atoms with Crippen LogP contribution in [0.25, 0.3) is 0 Å². The normalized spacial score (nSPS) is 18.9. The van der Waals surface area contributed by atoms with Crippen molar-refractivity contribution in [2.75, 3.05) is 26.2 Å². The Morgan fingerprint density at radius 1 is 1.58 bits per heavy atom. The van der Waals surface area contributed by atoms with E-state index in [0.717, 1.165) is 25.7 Å². The monoisotopic (exact) mass is 188 g/mol. The molecule has 0 radical (unpaired) electrons. The van der Waals surface area contributed by atoms with Crippen LogP contribution in [-0.2, 0) is 0 Å². The average molecular weight is 189 g/mol. The molecule has 1 rings (SSSR count). The maximum atomic E-state index is 5.49. The summed E-state index contributed by atoms with van der Waals surface area (Å²) in [6, 6.07) is 0.734. The van der Waals surface area contributed by atoms with E-state index in [-0.39, 0.29) is 0 Å². The summed E-state index contributed by atoms with van der Waals surface area (Å²) in [5.41, 5.74) is 1.61. The zero-order valence-corrected chi connectivity index (χ0v) is 8.35. The highest BCUT2D eigenvalue weighted by Gasteiger charge is 2.22. The van der Waals surface area contributed by atoms with Crippen molar-refractivity contribution in [3.05, 3.63) is 11.6 Å². The molecule has 1 aliphatic rings. The first kappa shape index (κ1) is 10.0. The fourth-order valence-electron chi connectivity index (χ4n) is 1.42. The van der Waals surface area contributed by atoms with Crippen LogP contribution < -0.4 is 5.32 Å². The second-order valence-corrected chi connectivity index (χ2v) is 3.42. The first-order valence-corrected chi connectivity index (χ1v) is 5.02. The van der Waals surface area contributed by atoms with E-state index in [1.54, 1.807) is 5.54 Å². The van der Waals surface area contributed by atoms with Gasteiger partial charge in [0.25, 0.3) is 0 Å². The fourth-order valence-corrected chi connectivity index (χ4v) is 1.50. The SMILES string of the molecule is CCCN(CC=CCl)C1CNC1.